The van der Waals surface area contributed by atoms with E-state index in [2.05, 4.69) is 10.2 Å². The van der Waals surface area contributed by atoms with E-state index in [0.29, 0.717) is 11.1 Å². The second kappa shape index (κ2) is 5.87. The molecule has 0 atom stereocenters. The minimum atomic E-state index is -0.931. The number of rotatable bonds is 3. The average molecular weight is 329 g/mol. The summed E-state index contributed by atoms with van der Waals surface area (Å²) in [6.07, 6.45) is 0. The number of carboxylic acids is 1. The lowest BCUT2D eigenvalue weighted by Crippen LogP contribution is -2.02. The molecule has 0 saturated carbocycles. The van der Waals surface area contributed by atoms with E-state index in [4.69, 9.17) is 0 Å². The summed E-state index contributed by atoms with van der Waals surface area (Å²) >= 11 is 0. The molecular formula is C20H15N3O2. The van der Waals surface area contributed by atoms with Crippen LogP contribution in [0.2, 0.25) is 0 Å². The molecule has 25 heavy (non-hydrogen) atoms. The van der Waals surface area contributed by atoms with Crippen molar-refractivity contribution in [2.24, 2.45) is 0 Å². The summed E-state index contributed by atoms with van der Waals surface area (Å²) in [6, 6.07) is 20.5. The second-order valence-electron chi connectivity index (χ2n) is 5.83. The van der Waals surface area contributed by atoms with Crippen molar-refractivity contribution < 1.29 is 9.90 Å². The molecule has 4 aromatic rings. The summed E-state index contributed by atoms with van der Waals surface area (Å²) in [5.41, 5.74) is 5.36. The summed E-state index contributed by atoms with van der Waals surface area (Å²) in [7, 11) is 0. The van der Waals surface area contributed by atoms with E-state index < -0.39 is 5.97 Å². The third kappa shape index (κ3) is 2.65. The molecule has 0 spiro atoms. The number of hydrogen-bond acceptors (Lipinski definition) is 3. The third-order valence-electron chi connectivity index (χ3n) is 4.18. The Kier molecular flexibility index (Phi) is 3.54. The normalized spacial score (nSPS) is 10.9. The van der Waals surface area contributed by atoms with Crippen molar-refractivity contribution in [1.29, 1.82) is 0 Å². The molecule has 0 fully saturated rings. The van der Waals surface area contributed by atoms with Crippen LogP contribution in [0.15, 0.2) is 66.7 Å². The first kappa shape index (κ1) is 15.1. The fourth-order valence-corrected chi connectivity index (χ4v) is 2.95. The van der Waals surface area contributed by atoms with E-state index in [1.54, 1.807) is 16.9 Å². The maximum absolute atomic E-state index is 11.5. The summed E-state index contributed by atoms with van der Waals surface area (Å²) in [4.78, 5) is 13.1. The number of aryl methyl sites for hydroxylation is 1. The van der Waals surface area contributed by atoms with Crippen LogP contribution < -0.4 is 0 Å². The molecular weight excluding hydrogens is 314 g/mol. The van der Waals surface area contributed by atoms with E-state index in [9.17, 15) is 9.90 Å². The Hall–Kier alpha value is -3.47. The van der Waals surface area contributed by atoms with Crippen LogP contribution in [0.3, 0.4) is 0 Å². The monoisotopic (exact) mass is 329 g/mol. The van der Waals surface area contributed by atoms with Gasteiger partial charge >= 0.3 is 5.97 Å². The van der Waals surface area contributed by atoms with Crippen molar-refractivity contribution in [1.82, 2.24) is 15.0 Å². The van der Waals surface area contributed by atoms with Crippen molar-refractivity contribution in [3.8, 4) is 16.8 Å². The van der Waals surface area contributed by atoms with Crippen molar-refractivity contribution in [3.63, 3.8) is 0 Å². The fourth-order valence-electron chi connectivity index (χ4n) is 2.95. The van der Waals surface area contributed by atoms with Crippen LogP contribution in [0.4, 0.5) is 0 Å². The molecule has 5 heteroatoms. The Labute approximate surface area is 144 Å². The summed E-state index contributed by atoms with van der Waals surface area (Å²) < 4.78 is 0. The number of hydrogen-bond donors (Lipinski definition) is 1. The Morgan fingerprint density at radius 3 is 2.16 bits per heavy atom. The number of carboxylic acid groups (broad SMARTS) is 1. The summed E-state index contributed by atoms with van der Waals surface area (Å²) in [5, 5.41) is 18.4. The highest BCUT2D eigenvalue weighted by molar-refractivity contribution is 5.96. The third-order valence-corrected chi connectivity index (χ3v) is 4.18. The van der Waals surface area contributed by atoms with E-state index in [-0.39, 0.29) is 0 Å². The molecule has 3 aromatic carbocycles. The van der Waals surface area contributed by atoms with Crippen LogP contribution in [0, 0.1) is 6.92 Å². The zero-order valence-corrected chi connectivity index (χ0v) is 13.5. The van der Waals surface area contributed by atoms with Gasteiger partial charge in [-0.05, 0) is 53.9 Å². The van der Waals surface area contributed by atoms with E-state index in [0.717, 1.165) is 27.8 Å². The zero-order chi connectivity index (χ0) is 17.4. The molecule has 4 rings (SSSR count). The van der Waals surface area contributed by atoms with Crippen LogP contribution in [0.1, 0.15) is 15.9 Å². The van der Waals surface area contributed by atoms with Crippen LogP contribution in [0.25, 0.3) is 27.8 Å². The van der Waals surface area contributed by atoms with Gasteiger partial charge in [-0.25, -0.2) is 4.79 Å². The smallest absolute Gasteiger partial charge is 0.336 e. The fraction of sp³-hybridized carbons (Fsp3) is 0.0500. The molecule has 1 heterocycles. The predicted octanol–water partition coefficient (Wildman–Crippen LogP) is 4.09. The first-order valence-electron chi connectivity index (χ1n) is 7.89. The molecule has 0 radical (unpaired) electrons. The lowest BCUT2D eigenvalue weighted by molar-refractivity contribution is 0.0697. The Balaban J connectivity index is 1.80. The first-order chi connectivity index (χ1) is 12.1. The molecule has 0 aliphatic carbocycles. The van der Waals surface area contributed by atoms with Gasteiger partial charge in [0.1, 0.15) is 11.0 Å². The van der Waals surface area contributed by atoms with Crippen LogP contribution in [0.5, 0.6) is 0 Å². The Bertz CT molecular complexity index is 1070. The lowest BCUT2D eigenvalue weighted by Gasteiger charge is -2.11. The van der Waals surface area contributed by atoms with Gasteiger partial charge in [-0.1, -0.05) is 36.4 Å². The van der Waals surface area contributed by atoms with Gasteiger partial charge < -0.3 is 5.11 Å². The van der Waals surface area contributed by atoms with Gasteiger partial charge in [0.15, 0.2) is 0 Å². The minimum Gasteiger partial charge on any atom is -0.478 e. The van der Waals surface area contributed by atoms with Gasteiger partial charge in [-0.3, -0.25) is 0 Å². The highest BCUT2D eigenvalue weighted by Gasteiger charge is 2.13. The van der Waals surface area contributed by atoms with Crippen LogP contribution >= 0.6 is 0 Å². The number of benzene rings is 3. The molecule has 0 aliphatic heterocycles. The number of nitrogens with zero attached hydrogens (tertiary/aromatic N) is 3. The number of carbonyl (C=O) groups is 1. The van der Waals surface area contributed by atoms with Crippen molar-refractivity contribution in [2.45, 2.75) is 6.92 Å². The molecule has 1 aromatic heterocycles. The van der Waals surface area contributed by atoms with Gasteiger partial charge in [0.2, 0.25) is 0 Å². The van der Waals surface area contributed by atoms with Gasteiger partial charge in [0, 0.05) is 0 Å². The molecule has 5 nitrogen and oxygen atoms in total. The quantitative estimate of drug-likeness (QED) is 0.614. The molecule has 0 unspecified atom stereocenters. The Morgan fingerprint density at radius 1 is 0.880 bits per heavy atom. The number of fused-ring (bicyclic) bond motifs is 1. The molecule has 1 N–H and O–H groups in total. The summed E-state index contributed by atoms with van der Waals surface area (Å²) in [6.45, 7) is 1.96. The van der Waals surface area contributed by atoms with Crippen molar-refractivity contribution in [3.05, 3.63) is 77.9 Å². The van der Waals surface area contributed by atoms with Gasteiger partial charge in [-0.15, -0.1) is 10.2 Å². The van der Waals surface area contributed by atoms with Gasteiger partial charge in [0.25, 0.3) is 0 Å². The van der Waals surface area contributed by atoms with Crippen molar-refractivity contribution >= 4 is 17.0 Å². The SMILES string of the molecule is Cc1cc(-n2nc3ccccc3n2)ccc1-c1ccccc1C(=O)O. The highest BCUT2D eigenvalue weighted by Crippen LogP contribution is 2.28. The zero-order valence-electron chi connectivity index (χ0n) is 13.5. The summed E-state index contributed by atoms with van der Waals surface area (Å²) in [5.74, 6) is -0.931. The highest BCUT2D eigenvalue weighted by atomic mass is 16.4. The molecule has 122 valence electrons. The molecule has 0 amide bonds. The molecule has 0 aliphatic rings. The largest absolute Gasteiger partial charge is 0.478 e. The van der Waals surface area contributed by atoms with Gasteiger partial charge in [-0.2, -0.15) is 4.80 Å². The molecule has 0 saturated heterocycles. The van der Waals surface area contributed by atoms with Crippen molar-refractivity contribution in [2.75, 3.05) is 0 Å². The Morgan fingerprint density at radius 2 is 1.52 bits per heavy atom. The van der Waals surface area contributed by atoms with E-state index in [1.165, 1.54) is 0 Å². The van der Waals surface area contributed by atoms with Gasteiger partial charge in [0.05, 0.1) is 11.3 Å². The van der Waals surface area contributed by atoms with Crippen LogP contribution in [-0.2, 0) is 0 Å². The van der Waals surface area contributed by atoms with E-state index in [1.807, 2.05) is 61.5 Å². The minimum absolute atomic E-state index is 0.293. The maximum Gasteiger partial charge on any atom is 0.336 e. The number of aromatic nitrogens is 3. The maximum atomic E-state index is 11.5. The standard InChI is InChI=1S/C20H15N3O2/c1-13-12-14(23-21-18-8-4-5-9-19(18)22-23)10-11-15(13)16-6-2-3-7-17(16)20(24)25/h2-12H,1H3,(H,24,25). The van der Waals surface area contributed by atoms with E-state index >= 15 is 0 Å². The lowest BCUT2D eigenvalue weighted by atomic mass is 9.95. The predicted molar refractivity (Wildman–Crippen MR) is 96.0 cm³/mol. The molecule has 0 bridgehead atoms. The first-order valence-corrected chi connectivity index (χ1v) is 7.89. The van der Waals surface area contributed by atoms with Crippen LogP contribution in [-0.4, -0.2) is 26.1 Å². The number of aromatic carboxylic acids is 1. The topological polar surface area (TPSA) is 68.0 Å². The second-order valence-corrected chi connectivity index (χ2v) is 5.83. The average Bonchev–Trinajstić information content (AvgIpc) is 3.06.